The zero-order chi connectivity index (χ0) is 16.8. The highest BCUT2D eigenvalue weighted by atomic mass is 16.6. The molecule has 0 bridgehead atoms. The molecule has 0 aliphatic rings. The van der Waals surface area contributed by atoms with Crippen LogP contribution in [0.4, 0.5) is 10.5 Å². The molecule has 0 saturated heterocycles. The van der Waals surface area contributed by atoms with Crippen LogP contribution in [0.5, 0.6) is 11.5 Å². The first-order valence-electron chi connectivity index (χ1n) is 6.98. The van der Waals surface area contributed by atoms with Gasteiger partial charge in [-0.05, 0) is 38.1 Å². The van der Waals surface area contributed by atoms with Crippen molar-refractivity contribution in [3.8, 4) is 11.5 Å². The van der Waals surface area contributed by atoms with Crippen LogP contribution in [-0.2, 0) is 4.79 Å². The number of hydrogen-bond donors (Lipinski definition) is 1. The normalized spacial score (nSPS) is 9.83. The molecule has 2 rings (SSSR count). The summed E-state index contributed by atoms with van der Waals surface area (Å²) < 4.78 is 10.3. The van der Waals surface area contributed by atoms with Crippen LogP contribution in [0.2, 0.25) is 0 Å². The molecule has 0 saturated carbocycles. The Balaban J connectivity index is 2.07. The van der Waals surface area contributed by atoms with Crippen molar-refractivity contribution in [1.29, 1.82) is 0 Å². The Hall–Kier alpha value is -3.08. The van der Waals surface area contributed by atoms with Crippen LogP contribution in [0.3, 0.4) is 0 Å². The third-order valence-electron chi connectivity index (χ3n) is 2.90. The minimum Gasteiger partial charge on any atom is -0.419 e. The van der Waals surface area contributed by atoms with Crippen LogP contribution in [0.15, 0.2) is 60.7 Å². The third-order valence-corrected chi connectivity index (χ3v) is 2.90. The van der Waals surface area contributed by atoms with E-state index in [0.29, 0.717) is 5.69 Å². The number of hydrogen-bond acceptors (Lipinski definition) is 4. The molecule has 2 aromatic carbocycles. The monoisotopic (exact) mass is 311 g/mol. The molecular weight excluding hydrogens is 294 g/mol. The summed E-state index contributed by atoms with van der Waals surface area (Å²) in [5, 5.41) is 2.60. The van der Waals surface area contributed by atoms with Crippen LogP contribution in [0.1, 0.15) is 12.5 Å². The van der Waals surface area contributed by atoms with Crippen molar-refractivity contribution in [2.75, 3.05) is 5.32 Å². The van der Waals surface area contributed by atoms with Crippen molar-refractivity contribution in [2.24, 2.45) is 0 Å². The maximum atomic E-state index is 11.9. The van der Waals surface area contributed by atoms with Gasteiger partial charge < -0.3 is 9.47 Å². The minimum absolute atomic E-state index is 0.145. The van der Waals surface area contributed by atoms with Gasteiger partial charge in [-0.3, -0.25) is 5.32 Å². The van der Waals surface area contributed by atoms with Gasteiger partial charge in [-0.1, -0.05) is 36.4 Å². The zero-order valence-corrected chi connectivity index (χ0v) is 13.0. The standard InChI is InChI=1S/C18H17NO4/c1-12(2)17(20)22-15-6-4-5-7-16(15)23-18(21)19-14-10-8-13(3)9-11-14/h4-11H,1H2,2-3H3,(H,19,21). The van der Waals surface area contributed by atoms with Crippen molar-refractivity contribution in [3.63, 3.8) is 0 Å². The van der Waals surface area contributed by atoms with Gasteiger partial charge in [-0.15, -0.1) is 0 Å². The van der Waals surface area contributed by atoms with Crippen molar-refractivity contribution < 1.29 is 19.1 Å². The van der Waals surface area contributed by atoms with Crippen LogP contribution >= 0.6 is 0 Å². The van der Waals surface area contributed by atoms with Crippen LogP contribution in [0.25, 0.3) is 0 Å². The van der Waals surface area contributed by atoms with E-state index in [2.05, 4.69) is 11.9 Å². The van der Waals surface area contributed by atoms with Gasteiger partial charge >= 0.3 is 12.1 Å². The predicted octanol–water partition coefficient (Wildman–Crippen LogP) is 4.09. The number of amides is 1. The first-order chi connectivity index (χ1) is 11.0. The summed E-state index contributed by atoms with van der Waals surface area (Å²) in [6, 6.07) is 13.7. The summed E-state index contributed by atoms with van der Waals surface area (Å²) in [6.45, 7) is 7.00. The molecule has 2 aromatic rings. The summed E-state index contributed by atoms with van der Waals surface area (Å²) >= 11 is 0. The fourth-order valence-electron chi connectivity index (χ4n) is 1.69. The first-order valence-corrected chi connectivity index (χ1v) is 6.98. The highest BCUT2D eigenvalue weighted by molar-refractivity contribution is 5.90. The summed E-state index contributed by atoms with van der Waals surface area (Å²) in [6.07, 6.45) is -0.673. The van der Waals surface area contributed by atoms with E-state index in [0.717, 1.165) is 5.56 Å². The molecule has 5 heteroatoms. The molecule has 0 heterocycles. The number of anilines is 1. The molecule has 0 atom stereocenters. The maximum Gasteiger partial charge on any atom is 0.417 e. The van der Waals surface area contributed by atoms with Gasteiger partial charge in [0.15, 0.2) is 11.5 Å². The van der Waals surface area contributed by atoms with E-state index < -0.39 is 12.1 Å². The molecule has 1 amide bonds. The Morgan fingerprint density at radius 3 is 2.09 bits per heavy atom. The Labute approximate surface area is 134 Å². The maximum absolute atomic E-state index is 11.9. The van der Waals surface area contributed by atoms with Gasteiger partial charge in [-0.2, -0.15) is 0 Å². The fourth-order valence-corrected chi connectivity index (χ4v) is 1.69. The van der Waals surface area contributed by atoms with Gasteiger partial charge in [0.05, 0.1) is 0 Å². The minimum atomic E-state index is -0.673. The first kappa shape index (κ1) is 16.3. The topological polar surface area (TPSA) is 64.6 Å². The molecule has 23 heavy (non-hydrogen) atoms. The summed E-state index contributed by atoms with van der Waals surface area (Å²) in [7, 11) is 0. The van der Waals surface area contributed by atoms with Gasteiger partial charge in [0.2, 0.25) is 0 Å². The smallest absolute Gasteiger partial charge is 0.417 e. The molecule has 0 aliphatic carbocycles. The van der Waals surface area contributed by atoms with Crippen molar-refractivity contribution in [1.82, 2.24) is 0 Å². The van der Waals surface area contributed by atoms with E-state index in [9.17, 15) is 9.59 Å². The molecule has 0 aromatic heterocycles. The second kappa shape index (κ2) is 7.26. The molecular formula is C18H17NO4. The Kier molecular flexibility index (Phi) is 5.15. The van der Waals surface area contributed by atoms with E-state index in [-0.39, 0.29) is 17.1 Å². The largest absolute Gasteiger partial charge is 0.419 e. The highest BCUT2D eigenvalue weighted by Gasteiger charge is 2.13. The lowest BCUT2D eigenvalue weighted by Gasteiger charge is -2.11. The van der Waals surface area contributed by atoms with Crippen molar-refractivity contribution in [2.45, 2.75) is 13.8 Å². The van der Waals surface area contributed by atoms with Crippen molar-refractivity contribution >= 4 is 17.7 Å². The fraction of sp³-hybridized carbons (Fsp3) is 0.111. The van der Waals surface area contributed by atoms with Gasteiger partial charge in [0.25, 0.3) is 0 Å². The van der Waals surface area contributed by atoms with Crippen LogP contribution in [-0.4, -0.2) is 12.1 Å². The molecule has 1 N–H and O–H groups in total. The average Bonchev–Trinajstić information content (AvgIpc) is 2.51. The Morgan fingerprint density at radius 2 is 1.52 bits per heavy atom. The summed E-state index contributed by atoms with van der Waals surface area (Å²) in [5.74, 6) is -0.286. The number of ether oxygens (including phenoxy) is 2. The molecule has 0 radical (unpaired) electrons. The number of rotatable bonds is 4. The lowest BCUT2D eigenvalue weighted by Crippen LogP contribution is -2.18. The number of para-hydroxylation sites is 2. The molecule has 0 fully saturated rings. The number of benzene rings is 2. The third kappa shape index (κ3) is 4.71. The predicted molar refractivity (Wildman–Crippen MR) is 87.7 cm³/mol. The van der Waals surface area contributed by atoms with E-state index >= 15 is 0 Å². The van der Waals surface area contributed by atoms with Crippen LogP contribution in [0, 0.1) is 6.92 Å². The van der Waals surface area contributed by atoms with Crippen LogP contribution < -0.4 is 14.8 Å². The number of esters is 1. The lowest BCUT2D eigenvalue weighted by atomic mass is 10.2. The van der Waals surface area contributed by atoms with E-state index in [4.69, 9.17) is 9.47 Å². The number of nitrogens with one attached hydrogen (secondary N) is 1. The van der Waals surface area contributed by atoms with E-state index in [1.165, 1.54) is 19.1 Å². The van der Waals surface area contributed by atoms with Gasteiger partial charge in [-0.25, -0.2) is 9.59 Å². The Morgan fingerprint density at radius 1 is 0.957 bits per heavy atom. The SMILES string of the molecule is C=C(C)C(=O)Oc1ccccc1OC(=O)Nc1ccc(C)cc1. The molecule has 0 unspecified atom stereocenters. The average molecular weight is 311 g/mol. The quantitative estimate of drug-likeness (QED) is 0.525. The lowest BCUT2D eigenvalue weighted by molar-refractivity contribution is -0.130. The summed E-state index contributed by atoms with van der Waals surface area (Å²) in [5.41, 5.74) is 1.95. The number of carbonyl (C=O) groups is 2. The Bertz CT molecular complexity index is 735. The number of aryl methyl sites for hydroxylation is 1. The molecule has 5 nitrogen and oxygen atoms in total. The van der Waals surface area contributed by atoms with Gasteiger partial charge in [0.1, 0.15) is 0 Å². The summed E-state index contributed by atoms with van der Waals surface area (Å²) in [4.78, 5) is 23.5. The molecule has 0 aliphatic heterocycles. The second-order valence-electron chi connectivity index (χ2n) is 5.00. The second-order valence-corrected chi connectivity index (χ2v) is 5.00. The highest BCUT2D eigenvalue weighted by Crippen LogP contribution is 2.27. The zero-order valence-electron chi connectivity index (χ0n) is 13.0. The van der Waals surface area contributed by atoms with E-state index in [1.807, 2.05) is 19.1 Å². The molecule has 0 spiro atoms. The van der Waals surface area contributed by atoms with Gasteiger partial charge in [0, 0.05) is 11.3 Å². The van der Waals surface area contributed by atoms with Crippen molar-refractivity contribution in [3.05, 3.63) is 66.2 Å². The van der Waals surface area contributed by atoms with E-state index in [1.54, 1.807) is 24.3 Å². The number of carbonyl (C=O) groups excluding carboxylic acids is 2. The molecule has 118 valence electrons.